The van der Waals surface area contributed by atoms with E-state index in [9.17, 15) is 0 Å². The highest BCUT2D eigenvalue weighted by Gasteiger charge is 2.19. The molecule has 2 rings (SSSR count). The summed E-state index contributed by atoms with van der Waals surface area (Å²) in [5.74, 6) is 0. The molecule has 4 nitrogen and oxygen atoms in total. The Kier molecular flexibility index (Phi) is 5.03. The van der Waals surface area contributed by atoms with Gasteiger partial charge < -0.3 is 14.7 Å². The van der Waals surface area contributed by atoms with E-state index < -0.39 is 0 Å². The van der Waals surface area contributed by atoms with Crippen molar-refractivity contribution in [2.24, 2.45) is 0 Å². The molecule has 1 N–H and O–H groups in total. The Morgan fingerprint density at radius 3 is 2.56 bits per heavy atom. The molecular weight excluding hydrogens is 204 g/mol. The lowest BCUT2D eigenvalue weighted by Gasteiger charge is -2.32. The van der Waals surface area contributed by atoms with E-state index in [4.69, 9.17) is 9.84 Å². The Bertz CT molecular complexity index is 195. The third-order valence-corrected chi connectivity index (χ3v) is 3.57. The number of aliphatic hydroxyl groups is 1. The second-order valence-corrected chi connectivity index (χ2v) is 4.88. The van der Waals surface area contributed by atoms with E-state index in [1.54, 1.807) is 0 Å². The van der Waals surface area contributed by atoms with Crippen molar-refractivity contribution in [3.8, 4) is 0 Å². The lowest BCUT2D eigenvalue weighted by atomic mass is 10.2. The molecule has 0 bridgehead atoms. The summed E-state index contributed by atoms with van der Waals surface area (Å²) >= 11 is 0. The summed E-state index contributed by atoms with van der Waals surface area (Å²) in [5, 5.41) is 9.05. The SMILES string of the molecule is OCC1CN(CCCN2CCCC2)CCO1. The van der Waals surface area contributed by atoms with Gasteiger partial charge in [-0.2, -0.15) is 0 Å². The van der Waals surface area contributed by atoms with Crippen LogP contribution in [-0.4, -0.2) is 73.5 Å². The maximum absolute atomic E-state index is 9.05. The van der Waals surface area contributed by atoms with Gasteiger partial charge in [0.25, 0.3) is 0 Å². The van der Waals surface area contributed by atoms with Crippen molar-refractivity contribution < 1.29 is 9.84 Å². The van der Waals surface area contributed by atoms with E-state index >= 15 is 0 Å². The number of hydrogen-bond acceptors (Lipinski definition) is 4. The normalized spacial score (nSPS) is 28.7. The monoisotopic (exact) mass is 228 g/mol. The van der Waals surface area contributed by atoms with Crippen molar-refractivity contribution in [1.29, 1.82) is 0 Å². The van der Waals surface area contributed by atoms with Crippen LogP contribution < -0.4 is 0 Å². The highest BCUT2D eigenvalue weighted by Crippen LogP contribution is 2.09. The lowest BCUT2D eigenvalue weighted by molar-refractivity contribution is -0.0531. The minimum Gasteiger partial charge on any atom is -0.394 e. The molecule has 2 aliphatic heterocycles. The first kappa shape index (κ1) is 12.3. The van der Waals surface area contributed by atoms with Crippen molar-refractivity contribution in [2.45, 2.75) is 25.4 Å². The molecule has 2 aliphatic rings. The van der Waals surface area contributed by atoms with Crippen LogP contribution in [0.25, 0.3) is 0 Å². The molecule has 0 aliphatic carbocycles. The van der Waals surface area contributed by atoms with E-state index in [1.807, 2.05) is 0 Å². The summed E-state index contributed by atoms with van der Waals surface area (Å²) in [5.41, 5.74) is 0. The molecular formula is C12H24N2O2. The summed E-state index contributed by atoms with van der Waals surface area (Å²) in [6, 6.07) is 0. The van der Waals surface area contributed by atoms with Crippen LogP contribution >= 0.6 is 0 Å². The van der Waals surface area contributed by atoms with Gasteiger partial charge in [-0.25, -0.2) is 0 Å². The third-order valence-electron chi connectivity index (χ3n) is 3.57. The second kappa shape index (κ2) is 6.55. The molecule has 0 aromatic rings. The van der Waals surface area contributed by atoms with Crippen molar-refractivity contribution in [3.05, 3.63) is 0 Å². The van der Waals surface area contributed by atoms with Crippen LogP contribution in [0.3, 0.4) is 0 Å². The summed E-state index contributed by atoms with van der Waals surface area (Å²) in [6.45, 7) is 7.83. The van der Waals surface area contributed by atoms with Gasteiger partial charge in [-0.1, -0.05) is 0 Å². The van der Waals surface area contributed by atoms with Crippen LogP contribution in [0.4, 0.5) is 0 Å². The van der Waals surface area contributed by atoms with Crippen LogP contribution in [0.1, 0.15) is 19.3 Å². The summed E-state index contributed by atoms with van der Waals surface area (Å²) in [6.07, 6.45) is 4.05. The number of aliphatic hydroxyl groups excluding tert-OH is 1. The fourth-order valence-corrected chi connectivity index (χ4v) is 2.62. The molecule has 0 saturated carbocycles. The zero-order chi connectivity index (χ0) is 11.2. The van der Waals surface area contributed by atoms with Crippen LogP contribution in [0.15, 0.2) is 0 Å². The van der Waals surface area contributed by atoms with Gasteiger partial charge in [-0.3, -0.25) is 4.90 Å². The largest absolute Gasteiger partial charge is 0.394 e. The minimum atomic E-state index is 0.0422. The fraction of sp³-hybridized carbons (Fsp3) is 1.00. The number of morpholine rings is 1. The van der Waals surface area contributed by atoms with Crippen LogP contribution in [-0.2, 0) is 4.74 Å². The van der Waals surface area contributed by atoms with Gasteiger partial charge >= 0.3 is 0 Å². The first-order valence-corrected chi connectivity index (χ1v) is 6.55. The number of likely N-dealkylation sites (tertiary alicyclic amines) is 1. The fourth-order valence-electron chi connectivity index (χ4n) is 2.62. The van der Waals surface area contributed by atoms with Gasteiger partial charge in [0.1, 0.15) is 0 Å². The van der Waals surface area contributed by atoms with Crippen LogP contribution in [0, 0.1) is 0 Å². The smallest absolute Gasteiger partial charge is 0.0932 e. The molecule has 0 aromatic heterocycles. The van der Waals surface area contributed by atoms with E-state index in [0.717, 1.165) is 26.2 Å². The third kappa shape index (κ3) is 3.70. The molecule has 0 aromatic carbocycles. The highest BCUT2D eigenvalue weighted by molar-refractivity contribution is 4.72. The van der Waals surface area contributed by atoms with E-state index in [2.05, 4.69) is 9.80 Å². The average molecular weight is 228 g/mol. The van der Waals surface area contributed by atoms with Gasteiger partial charge in [-0.05, 0) is 45.4 Å². The number of nitrogens with zero attached hydrogens (tertiary/aromatic N) is 2. The molecule has 2 saturated heterocycles. The number of hydrogen-bond donors (Lipinski definition) is 1. The average Bonchev–Trinajstić information content (AvgIpc) is 2.82. The Hall–Kier alpha value is -0.160. The van der Waals surface area contributed by atoms with E-state index in [0.29, 0.717) is 0 Å². The van der Waals surface area contributed by atoms with Crippen molar-refractivity contribution in [3.63, 3.8) is 0 Å². The van der Waals surface area contributed by atoms with E-state index in [1.165, 1.54) is 38.9 Å². The maximum atomic E-state index is 9.05. The topological polar surface area (TPSA) is 35.9 Å². The molecule has 1 atom stereocenters. The first-order chi connectivity index (χ1) is 7.88. The Balaban J connectivity index is 1.58. The predicted molar refractivity (Wildman–Crippen MR) is 63.6 cm³/mol. The molecule has 0 spiro atoms. The van der Waals surface area contributed by atoms with Crippen molar-refractivity contribution >= 4 is 0 Å². The highest BCUT2D eigenvalue weighted by atomic mass is 16.5. The van der Waals surface area contributed by atoms with Crippen molar-refractivity contribution in [2.75, 3.05) is 52.5 Å². The molecule has 0 amide bonds. The second-order valence-electron chi connectivity index (χ2n) is 4.88. The predicted octanol–water partition coefficient (Wildman–Crippen LogP) is 0.165. The molecule has 94 valence electrons. The van der Waals surface area contributed by atoms with Gasteiger partial charge in [0, 0.05) is 13.1 Å². The molecule has 0 radical (unpaired) electrons. The Morgan fingerprint density at radius 2 is 1.81 bits per heavy atom. The minimum absolute atomic E-state index is 0.0422. The van der Waals surface area contributed by atoms with Gasteiger partial charge in [-0.15, -0.1) is 0 Å². The van der Waals surface area contributed by atoms with Crippen LogP contribution in [0.2, 0.25) is 0 Å². The molecule has 2 fully saturated rings. The lowest BCUT2D eigenvalue weighted by Crippen LogP contribution is -2.44. The van der Waals surface area contributed by atoms with Crippen molar-refractivity contribution in [1.82, 2.24) is 9.80 Å². The standard InChI is InChI=1S/C12H24N2O2/c15-11-12-10-14(8-9-16-12)7-3-6-13-4-1-2-5-13/h12,15H,1-11H2. The van der Waals surface area contributed by atoms with Crippen LogP contribution in [0.5, 0.6) is 0 Å². The summed E-state index contributed by atoms with van der Waals surface area (Å²) < 4.78 is 5.44. The molecule has 4 heteroatoms. The quantitative estimate of drug-likeness (QED) is 0.727. The number of rotatable bonds is 5. The number of ether oxygens (including phenoxy) is 1. The maximum Gasteiger partial charge on any atom is 0.0932 e. The molecule has 2 heterocycles. The van der Waals surface area contributed by atoms with Gasteiger partial charge in [0.15, 0.2) is 0 Å². The van der Waals surface area contributed by atoms with E-state index in [-0.39, 0.29) is 12.7 Å². The summed E-state index contributed by atoms with van der Waals surface area (Å²) in [7, 11) is 0. The molecule has 16 heavy (non-hydrogen) atoms. The zero-order valence-electron chi connectivity index (χ0n) is 10.1. The Labute approximate surface area is 98.2 Å². The van der Waals surface area contributed by atoms with Gasteiger partial charge in [0.2, 0.25) is 0 Å². The Morgan fingerprint density at radius 1 is 1.06 bits per heavy atom. The molecule has 1 unspecified atom stereocenters. The summed E-state index contributed by atoms with van der Waals surface area (Å²) in [4.78, 5) is 4.98. The first-order valence-electron chi connectivity index (χ1n) is 6.55. The zero-order valence-corrected chi connectivity index (χ0v) is 10.1. The van der Waals surface area contributed by atoms with Gasteiger partial charge in [0.05, 0.1) is 19.3 Å².